The van der Waals surface area contributed by atoms with E-state index in [2.05, 4.69) is 24.8 Å². The highest BCUT2D eigenvalue weighted by Gasteiger charge is 2.41. The lowest BCUT2D eigenvalue weighted by Crippen LogP contribution is -2.40. The summed E-state index contributed by atoms with van der Waals surface area (Å²) in [6.45, 7) is 2.28. The van der Waals surface area contributed by atoms with Gasteiger partial charge in [-0.2, -0.15) is 0 Å². The third-order valence-electron chi connectivity index (χ3n) is 7.09. The largest absolute Gasteiger partial charge is 0.480 e. The molecule has 4 heteroatoms. The van der Waals surface area contributed by atoms with Crippen molar-refractivity contribution in [3.8, 4) is 11.8 Å². The summed E-state index contributed by atoms with van der Waals surface area (Å²) in [6.07, 6.45) is 17.9. The molecule has 2 aliphatic rings. The van der Waals surface area contributed by atoms with Gasteiger partial charge in [-0.15, -0.1) is 0 Å². The van der Waals surface area contributed by atoms with Crippen LogP contribution in [0.3, 0.4) is 0 Å². The van der Waals surface area contributed by atoms with Crippen molar-refractivity contribution in [3.05, 3.63) is 71.8 Å². The zero-order chi connectivity index (χ0) is 23.6. The van der Waals surface area contributed by atoms with Crippen LogP contribution in [0.1, 0.15) is 63.9 Å². The molecule has 0 heterocycles. The molecule has 0 bridgehead atoms. The lowest BCUT2D eigenvalue weighted by Gasteiger charge is -2.43. The number of benzene rings is 1. The number of aliphatic carboxylic acids is 1. The van der Waals surface area contributed by atoms with Crippen LogP contribution in [0.4, 0.5) is 0 Å². The summed E-state index contributed by atoms with van der Waals surface area (Å²) in [5.74, 6) is 5.57. The van der Waals surface area contributed by atoms with Crippen molar-refractivity contribution in [2.24, 2.45) is 10.8 Å². The molecule has 4 nitrogen and oxygen atoms in total. The minimum absolute atomic E-state index is 0.0601. The van der Waals surface area contributed by atoms with Crippen LogP contribution >= 0.6 is 0 Å². The van der Waals surface area contributed by atoms with Gasteiger partial charge in [0.05, 0.1) is 12.7 Å². The van der Waals surface area contributed by atoms with Crippen LogP contribution < -0.4 is 0 Å². The van der Waals surface area contributed by atoms with Crippen molar-refractivity contribution in [2.75, 3.05) is 13.2 Å². The first-order valence-corrected chi connectivity index (χ1v) is 12.0. The molecule has 2 atom stereocenters. The minimum Gasteiger partial charge on any atom is -0.480 e. The van der Waals surface area contributed by atoms with Gasteiger partial charge < -0.3 is 14.9 Å². The molecule has 0 saturated heterocycles. The van der Waals surface area contributed by atoms with E-state index in [1.807, 2.05) is 54.6 Å². The standard InChI is InChI=1S/C29H36O4/c1-28(17-7-5-14-25(28)16-22-33-23-27(31)32)18-8-6-15-26(30)29(20-10-21-29)19-9-13-24-11-3-2-4-12-24/h2-4,6,8,11-12,15-16,18,26,30H,5,7,10,14,17,19-23H2,1H3,(H,31,32)/b15-6+,18-8+,25-16+/t26?,28-/m0/s1. The number of aliphatic hydroxyl groups is 1. The van der Waals surface area contributed by atoms with E-state index >= 15 is 0 Å². The first kappa shape index (κ1) is 25.0. The Morgan fingerprint density at radius 1 is 1.15 bits per heavy atom. The monoisotopic (exact) mass is 448 g/mol. The summed E-state index contributed by atoms with van der Waals surface area (Å²) in [4.78, 5) is 10.6. The van der Waals surface area contributed by atoms with Gasteiger partial charge in [0.25, 0.3) is 0 Å². The summed E-state index contributed by atoms with van der Waals surface area (Å²) >= 11 is 0. The molecule has 2 fully saturated rings. The fourth-order valence-electron chi connectivity index (χ4n) is 4.78. The van der Waals surface area contributed by atoms with Crippen molar-refractivity contribution in [2.45, 2.75) is 64.4 Å². The summed E-state index contributed by atoms with van der Waals surface area (Å²) < 4.78 is 5.21. The molecular weight excluding hydrogens is 412 g/mol. The average molecular weight is 449 g/mol. The van der Waals surface area contributed by atoms with Crippen LogP contribution in [0.25, 0.3) is 0 Å². The highest BCUT2D eigenvalue weighted by atomic mass is 16.5. The van der Waals surface area contributed by atoms with Crippen molar-refractivity contribution >= 4 is 5.97 Å². The van der Waals surface area contributed by atoms with Crippen molar-refractivity contribution in [1.29, 1.82) is 0 Å². The van der Waals surface area contributed by atoms with Gasteiger partial charge in [0, 0.05) is 22.8 Å². The first-order chi connectivity index (χ1) is 15.9. The van der Waals surface area contributed by atoms with E-state index in [1.165, 1.54) is 12.0 Å². The van der Waals surface area contributed by atoms with Gasteiger partial charge in [0.1, 0.15) is 6.61 Å². The van der Waals surface area contributed by atoms with Gasteiger partial charge in [-0.25, -0.2) is 4.79 Å². The van der Waals surface area contributed by atoms with E-state index in [-0.39, 0.29) is 17.4 Å². The van der Waals surface area contributed by atoms with E-state index in [1.54, 1.807) is 0 Å². The van der Waals surface area contributed by atoms with Gasteiger partial charge in [-0.3, -0.25) is 0 Å². The fraction of sp³-hybridized carbons (Fsp3) is 0.483. The Labute approximate surface area is 198 Å². The maximum absolute atomic E-state index is 10.9. The Morgan fingerprint density at radius 3 is 2.64 bits per heavy atom. The number of rotatable bonds is 9. The van der Waals surface area contributed by atoms with Crippen LogP contribution in [0.15, 0.2) is 66.3 Å². The topological polar surface area (TPSA) is 66.8 Å². The Balaban J connectivity index is 1.58. The van der Waals surface area contributed by atoms with Crippen LogP contribution in [0.2, 0.25) is 0 Å². The summed E-state index contributed by atoms with van der Waals surface area (Å²) in [5, 5.41) is 19.6. The predicted octanol–water partition coefficient (Wildman–Crippen LogP) is 5.68. The second kappa shape index (κ2) is 12.0. The second-order valence-corrected chi connectivity index (χ2v) is 9.51. The molecular formula is C29H36O4. The number of hydrogen-bond donors (Lipinski definition) is 2. The molecule has 2 saturated carbocycles. The first-order valence-electron chi connectivity index (χ1n) is 12.0. The fourth-order valence-corrected chi connectivity index (χ4v) is 4.78. The maximum Gasteiger partial charge on any atom is 0.329 e. The molecule has 2 aliphatic carbocycles. The maximum atomic E-state index is 10.9. The zero-order valence-electron chi connectivity index (χ0n) is 19.6. The van der Waals surface area contributed by atoms with Crippen LogP contribution in [0, 0.1) is 22.7 Å². The number of carboxylic acid groups (broad SMARTS) is 1. The second-order valence-electron chi connectivity index (χ2n) is 9.51. The minimum atomic E-state index is -0.946. The van der Waals surface area contributed by atoms with E-state index in [0.29, 0.717) is 13.0 Å². The summed E-state index contributed by atoms with van der Waals surface area (Å²) in [7, 11) is 0. The van der Waals surface area contributed by atoms with Crippen molar-refractivity contribution in [1.82, 2.24) is 0 Å². The SMILES string of the molecule is C[C@@]1(/C=C/C=C/C(O)C2(CC#Cc3ccccc3)CCC2)CCCC/C1=C\COCC(=O)O. The molecule has 0 amide bonds. The lowest BCUT2D eigenvalue weighted by molar-refractivity contribution is -0.141. The van der Waals surface area contributed by atoms with Gasteiger partial charge in [-0.05, 0) is 44.2 Å². The number of aliphatic hydroxyl groups excluding tert-OH is 1. The summed E-state index contributed by atoms with van der Waals surface area (Å²) in [5.41, 5.74) is 2.12. The van der Waals surface area contributed by atoms with Gasteiger partial charge in [-0.1, -0.05) is 85.8 Å². The highest BCUT2D eigenvalue weighted by molar-refractivity contribution is 5.68. The number of allylic oxidation sites excluding steroid dienone is 4. The number of ether oxygens (including phenoxy) is 1. The van der Waals surface area contributed by atoms with E-state index in [0.717, 1.165) is 44.1 Å². The Hall–Kier alpha value is -2.61. The summed E-state index contributed by atoms with van der Waals surface area (Å²) in [6, 6.07) is 9.98. The molecule has 0 radical (unpaired) electrons. The molecule has 1 aromatic rings. The van der Waals surface area contributed by atoms with Gasteiger partial charge in [0.2, 0.25) is 0 Å². The van der Waals surface area contributed by atoms with Crippen LogP contribution in [-0.2, 0) is 9.53 Å². The molecule has 3 rings (SSSR count). The Kier molecular flexibility index (Phi) is 9.11. The number of carboxylic acids is 1. The van der Waals surface area contributed by atoms with Crippen molar-refractivity contribution in [3.63, 3.8) is 0 Å². The van der Waals surface area contributed by atoms with Gasteiger partial charge in [0.15, 0.2) is 0 Å². The zero-order valence-corrected chi connectivity index (χ0v) is 19.6. The molecule has 0 aromatic heterocycles. The average Bonchev–Trinajstić information content (AvgIpc) is 2.77. The van der Waals surface area contributed by atoms with E-state index in [4.69, 9.17) is 9.84 Å². The molecule has 1 aromatic carbocycles. The number of carbonyl (C=O) groups is 1. The van der Waals surface area contributed by atoms with Crippen LogP contribution in [0.5, 0.6) is 0 Å². The quantitative estimate of drug-likeness (QED) is 0.221. The lowest BCUT2D eigenvalue weighted by atomic mass is 9.63. The molecule has 2 N–H and O–H groups in total. The third-order valence-corrected chi connectivity index (χ3v) is 7.09. The smallest absolute Gasteiger partial charge is 0.329 e. The Morgan fingerprint density at radius 2 is 1.94 bits per heavy atom. The highest BCUT2D eigenvalue weighted by Crippen LogP contribution is 2.47. The number of hydrogen-bond acceptors (Lipinski definition) is 3. The van der Waals surface area contributed by atoms with Crippen molar-refractivity contribution < 1.29 is 19.7 Å². The molecule has 176 valence electrons. The van der Waals surface area contributed by atoms with E-state index < -0.39 is 12.1 Å². The van der Waals surface area contributed by atoms with Gasteiger partial charge >= 0.3 is 5.97 Å². The molecule has 0 aliphatic heterocycles. The normalized spacial score (nSPS) is 24.4. The Bertz CT molecular complexity index is 927. The van der Waals surface area contributed by atoms with E-state index in [9.17, 15) is 9.90 Å². The third kappa shape index (κ3) is 7.19. The molecule has 0 spiro atoms. The van der Waals surface area contributed by atoms with Crippen LogP contribution in [-0.4, -0.2) is 35.5 Å². The molecule has 1 unspecified atom stereocenters. The molecule has 33 heavy (non-hydrogen) atoms. The predicted molar refractivity (Wildman–Crippen MR) is 132 cm³/mol.